The van der Waals surface area contributed by atoms with Gasteiger partial charge in [-0.05, 0) is 30.7 Å². The second kappa shape index (κ2) is 8.41. The van der Waals surface area contributed by atoms with Gasteiger partial charge in [0.05, 0.1) is 22.7 Å². The molecular weight excluding hydrogens is 466 g/mol. The number of anilines is 2. The van der Waals surface area contributed by atoms with E-state index in [-0.39, 0.29) is 23.5 Å². The number of halogens is 1. The first-order chi connectivity index (χ1) is 14.4. The quantitative estimate of drug-likeness (QED) is 0.326. The molecule has 4 N–H and O–H groups in total. The van der Waals surface area contributed by atoms with Crippen molar-refractivity contribution in [3.63, 3.8) is 0 Å². The maximum atomic E-state index is 13.4. The Morgan fingerprint density at radius 1 is 1.03 bits per heavy atom. The average Bonchev–Trinajstić information content (AvgIpc) is 2.72. The fraction of sp³-hybridized carbons (Fsp3) is 0.150. The predicted molar refractivity (Wildman–Crippen MR) is 122 cm³/mol. The third-order valence-corrected chi connectivity index (χ3v) is 5.99. The third kappa shape index (κ3) is 4.14. The molecule has 0 unspecified atom stereocenters. The number of nitrogen functional groups attached to an aromatic ring is 2. The molecule has 4 aromatic rings. The lowest BCUT2D eigenvalue weighted by molar-refractivity contribution is 0.548. The van der Waals surface area contributed by atoms with Crippen molar-refractivity contribution in [2.24, 2.45) is 0 Å². The van der Waals surface area contributed by atoms with Gasteiger partial charge in [0.15, 0.2) is 5.16 Å². The Morgan fingerprint density at radius 2 is 1.73 bits per heavy atom. The van der Waals surface area contributed by atoms with Crippen molar-refractivity contribution in [2.45, 2.75) is 23.9 Å². The van der Waals surface area contributed by atoms with Crippen molar-refractivity contribution in [3.05, 3.63) is 74.7 Å². The van der Waals surface area contributed by atoms with Gasteiger partial charge >= 0.3 is 0 Å². The highest BCUT2D eigenvalue weighted by molar-refractivity contribution is 9.10. The third-order valence-electron chi connectivity index (χ3n) is 4.55. The molecule has 2 aromatic carbocycles. The Bertz CT molecular complexity index is 1260. The molecule has 30 heavy (non-hydrogen) atoms. The summed E-state index contributed by atoms with van der Waals surface area (Å²) < 4.78 is 2.52. The second-order valence-electron chi connectivity index (χ2n) is 6.57. The number of benzene rings is 2. The molecule has 0 saturated carbocycles. The number of thioether (sulfide) groups is 1. The minimum absolute atomic E-state index is 0.0597. The summed E-state index contributed by atoms with van der Waals surface area (Å²) in [6, 6.07) is 15.1. The van der Waals surface area contributed by atoms with Crippen molar-refractivity contribution in [1.82, 2.24) is 24.5 Å². The summed E-state index contributed by atoms with van der Waals surface area (Å²) in [6.45, 7) is 1.98. The van der Waals surface area contributed by atoms with Crippen LogP contribution in [0.25, 0.3) is 10.9 Å². The number of rotatable bonds is 5. The van der Waals surface area contributed by atoms with Crippen LogP contribution in [0, 0.1) is 0 Å². The number of nitrogens with two attached hydrogens (primary N) is 2. The summed E-state index contributed by atoms with van der Waals surface area (Å²) in [5, 5.41) is 1.11. The van der Waals surface area contributed by atoms with Crippen LogP contribution >= 0.6 is 27.7 Å². The average molecular weight is 484 g/mol. The molecule has 0 saturated heterocycles. The summed E-state index contributed by atoms with van der Waals surface area (Å²) in [5.41, 5.74) is 12.8. The largest absolute Gasteiger partial charge is 0.368 e. The Balaban J connectivity index is 1.82. The van der Waals surface area contributed by atoms with E-state index in [9.17, 15) is 4.79 Å². The van der Waals surface area contributed by atoms with E-state index >= 15 is 0 Å². The summed E-state index contributed by atoms with van der Waals surface area (Å²) in [6.07, 6.45) is 0. The van der Waals surface area contributed by atoms with Crippen LogP contribution in [0.15, 0.2) is 63.0 Å². The number of nitrogens with zero attached hydrogens (tertiary/aromatic N) is 5. The fourth-order valence-electron chi connectivity index (χ4n) is 3.13. The smallest absolute Gasteiger partial charge is 0.262 e. The van der Waals surface area contributed by atoms with Crippen molar-refractivity contribution in [1.29, 1.82) is 0 Å². The summed E-state index contributed by atoms with van der Waals surface area (Å²) in [7, 11) is 0. The predicted octanol–water partition coefficient (Wildman–Crippen LogP) is 3.41. The maximum absolute atomic E-state index is 13.4. The molecule has 2 aromatic heterocycles. The Hall–Kier alpha value is -2.98. The van der Waals surface area contributed by atoms with E-state index < -0.39 is 0 Å². The van der Waals surface area contributed by atoms with E-state index in [0.717, 1.165) is 10.0 Å². The molecular formula is C20H18BrN7OS. The zero-order valence-corrected chi connectivity index (χ0v) is 18.4. The first kappa shape index (κ1) is 20.3. The Labute approximate surface area is 184 Å². The van der Waals surface area contributed by atoms with Gasteiger partial charge in [-0.1, -0.05) is 58.0 Å². The molecule has 0 radical (unpaired) electrons. The first-order valence-electron chi connectivity index (χ1n) is 9.08. The van der Waals surface area contributed by atoms with Gasteiger partial charge in [-0.25, -0.2) is 4.98 Å². The van der Waals surface area contributed by atoms with Gasteiger partial charge in [0.25, 0.3) is 5.56 Å². The topological polar surface area (TPSA) is 126 Å². The van der Waals surface area contributed by atoms with E-state index in [2.05, 4.69) is 30.9 Å². The van der Waals surface area contributed by atoms with Gasteiger partial charge in [-0.3, -0.25) is 9.36 Å². The molecule has 0 bridgehead atoms. The van der Waals surface area contributed by atoms with Gasteiger partial charge in [0.2, 0.25) is 11.9 Å². The Morgan fingerprint density at radius 3 is 2.43 bits per heavy atom. The molecule has 0 fully saturated rings. The van der Waals surface area contributed by atoms with Gasteiger partial charge < -0.3 is 11.5 Å². The molecule has 10 heteroatoms. The van der Waals surface area contributed by atoms with Crippen LogP contribution in [-0.4, -0.2) is 24.5 Å². The van der Waals surface area contributed by atoms with E-state index in [0.29, 0.717) is 27.6 Å². The molecule has 0 spiro atoms. The SMILES string of the molecule is C[C@@H](c1ccccc1)n1c(SCc2nc(N)nc(N)n2)nc2ccc(Br)cc2c1=O. The van der Waals surface area contributed by atoms with Crippen molar-refractivity contribution >= 4 is 50.5 Å². The van der Waals surface area contributed by atoms with Crippen LogP contribution in [0.2, 0.25) is 0 Å². The zero-order chi connectivity index (χ0) is 21.3. The van der Waals surface area contributed by atoms with Gasteiger partial charge in [-0.15, -0.1) is 0 Å². The highest BCUT2D eigenvalue weighted by Crippen LogP contribution is 2.27. The zero-order valence-electron chi connectivity index (χ0n) is 16.0. The van der Waals surface area contributed by atoms with Crippen LogP contribution in [0.4, 0.5) is 11.9 Å². The van der Waals surface area contributed by atoms with Crippen LogP contribution in [0.3, 0.4) is 0 Å². The number of aromatic nitrogens is 5. The van der Waals surface area contributed by atoms with Gasteiger partial charge in [0.1, 0.15) is 5.82 Å². The van der Waals surface area contributed by atoms with Gasteiger partial charge in [0, 0.05) is 4.47 Å². The van der Waals surface area contributed by atoms with E-state index in [4.69, 9.17) is 16.5 Å². The summed E-state index contributed by atoms with van der Waals surface area (Å²) >= 11 is 4.79. The van der Waals surface area contributed by atoms with Crippen molar-refractivity contribution in [2.75, 3.05) is 11.5 Å². The molecule has 0 amide bonds. The van der Waals surface area contributed by atoms with Crippen molar-refractivity contribution in [3.8, 4) is 0 Å². The first-order valence-corrected chi connectivity index (χ1v) is 10.9. The maximum Gasteiger partial charge on any atom is 0.262 e. The standard InChI is InChI=1S/C20H18BrN7OS/c1-11(12-5-3-2-4-6-12)28-17(29)14-9-13(21)7-8-15(14)24-20(28)30-10-16-25-18(22)27-19(23)26-16/h2-9,11H,10H2,1H3,(H4,22,23,25,26,27)/t11-/m0/s1. The normalized spacial score (nSPS) is 12.2. The minimum atomic E-state index is -0.217. The van der Waals surface area contributed by atoms with Crippen LogP contribution in [0.5, 0.6) is 0 Å². The molecule has 0 aliphatic heterocycles. The molecule has 152 valence electrons. The number of hydrogen-bond acceptors (Lipinski definition) is 8. The lowest BCUT2D eigenvalue weighted by Gasteiger charge is -2.20. The molecule has 2 heterocycles. The van der Waals surface area contributed by atoms with E-state index in [1.165, 1.54) is 11.8 Å². The monoisotopic (exact) mass is 483 g/mol. The molecule has 4 rings (SSSR count). The van der Waals surface area contributed by atoms with Gasteiger partial charge in [-0.2, -0.15) is 15.0 Å². The number of fused-ring (bicyclic) bond motifs is 1. The lowest BCUT2D eigenvalue weighted by Crippen LogP contribution is -2.27. The molecule has 0 aliphatic rings. The van der Waals surface area contributed by atoms with Crippen LogP contribution in [0.1, 0.15) is 24.4 Å². The van der Waals surface area contributed by atoms with Crippen LogP contribution < -0.4 is 17.0 Å². The number of hydrogen-bond donors (Lipinski definition) is 2. The molecule has 1 atom stereocenters. The molecule has 0 aliphatic carbocycles. The van der Waals surface area contributed by atoms with E-state index in [1.807, 2.05) is 49.4 Å². The summed E-state index contributed by atoms with van der Waals surface area (Å²) in [5.74, 6) is 0.885. The molecule has 8 nitrogen and oxygen atoms in total. The van der Waals surface area contributed by atoms with E-state index in [1.54, 1.807) is 10.6 Å². The lowest BCUT2D eigenvalue weighted by atomic mass is 10.1. The van der Waals surface area contributed by atoms with Crippen LogP contribution in [-0.2, 0) is 5.75 Å². The minimum Gasteiger partial charge on any atom is -0.368 e. The Kier molecular flexibility index (Phi) is 5.69. The van der Waals surface area contributed by atoms with Crippen molar-refractivity contribution < 1.29 is 0 Å². The fourth-order valence-corrected chi connectivity index (χ4v) is 4.42. The second-order valence-corrected chi connectivity index (χ2v) is 8.43. The highest BCUT2D eigenvalue weighted by atomic mass is 79.9. The summed E-state index contributed by atoms with van der Waals surface area (Å²) in [4.78, 5) is 30.2. The highest BCUT2D eigenvalue weighted by Gasteiger charge is 2.19.